The third kappa shape index (κ3) is 8.17. The zero-order chi connectivity index (χ0) is 20.2. The van der Waals surface area contributed by atoms with Crippen LogP contribution in [0.5, 0.6) is 0 Å². The van der Waals surface area contributed by atoms with Gasteiger partial charge in [-0.15, -0.1) is 0 Å². The van der Waals surface area contributed by atoms with Crippen LogP contribution in [0.2, 0.25) is 0 Å². The summed E-state index contributed by atoms with van der Waals surface area (Å²) in [5, 5.41) is 0. The highest BCUT2D eigenvalue weighted by molar-refractivity contribution is 5.79. The highest BCUT2D eigenvalue weighted by Gasteiger charge is 2.03. The molecule has 0 heterocycles. The zero-order valence-corrected chi connectivity index (χ0v) is 17.5. The summed E-state index contributed by atoms with van der Waals surface area (Å²) in [6.45, 7) is 12.2. The van der Waals surface area contributed by atoms with Gasteiger partial charge in [0.05, 0.1) is 0 Å². The normalized spacial score (nSPS) is 10.4. The Labute approximate surface area is 165 Å². The molecule has 2 heteroatoms. The van der Waals surface area contributed by atoms with Crippen LogP contribution in [0, 0.1) is 6.92 Å². The van der Waals surface area contributed by atoms with Gasteiger partial charge in [0, 0.05) is 26.1 Å². The molecule has 0 saturated carbocycles. The monoisotopic (exact) mass is 363 g/mol. The first-order chi connectivity index (χ1) is 12.9. The molecule has 0 aromatic heterocycles. The van der Waals surface area contributed by atoms with Crippen LogP contribution in [-0.4, -0.2) is 19.0 Å². The SMILES string of the molecule is C=C(CC=NC)c1ccc(C)cc1CC.CCc1cccc(CC(C)=O)c1. The minimum absolute atomic E-state index is 0.225. The van der Waals surface area contributed by atoms with Crippen molar-refractivity contribution >= 4 is 17.6 Å². The molecule has 27 heavy (non-hydrogen) atoms. The van der Waals surface area contributed by atoms with Crippen molar-refractivity contribution in [1.29, 1.82) is 0 Å². The number of aliphatic imine (C=N–C) groups is 1. The molecule has 0 aliphatic carbocycles. The molecule has 0 amide bonds. The van der Waals surface area contributed by atoms with Crippen LogP contribution in [0.15, 0.2) is 54.0 Å². The topological polar surface area (TPSA) is 29.4 Å². The molecular formula is C25H33NO. The predicted octanol–water partition coefficient (Wildman–Crippen LogP) is 6.04. The van der Waals surface area contributed by atoms with E-state index in [0.717, 1.165) is 30.4 Å². The fraction of sp³-hybridized carbons (Fsp3) is 0.360. The van der Waals surface area contributed by atoms with E-state index < -0.39 is 0 Å². The summed E-state index contributed by atoms with van der Waals surface area (Å²) >= 11 is 0. The third-order valence-corrected chi connectivity index (χ3v) is 4.40. The van der Waals surface area contributed by atoms with Gasteiger partial charge in [0.15, 0.2) is 0 Å². The van der Waals surface area contributed by atoms with Gasteiger partial charge >= 0.3 is 0 Å². The maximum Gasteiger partial charge on any atom is 0.134 e. The lowest BCUT2D eigenvalue weighted by Gasteiger charge is -2.10. The maximum atomic E-state index is 10.8. The molecular weight excluding hydrogens is 330 g/mol. The smallest absolute Gasteiger partial charge is 0.134 e. The molecule has 0 bridgehead atoms. The van der Waals surface area contributed by atoms with Gasteiger partial charge in [-0.2, -0.15) is 0 Å². The van der Waals surface area contributed by atoms with E-state index in [1.807, 2.05) is 18.3 Å². The van der Waals surface area contributed by atoms with E-state index in [1.54, 1.807) is 14.0 Å². The lowest BCUT2D eigenvalue weighted by atomic mass is 9.96. The Bertz CT molecular complexity index is 787. The molecule has 0 saturated heterocycles. The quantitative estimate of drug-likeness (QED) is 0.551. The van der Waals surface area contributed by atoms with E-state index in [1.165, 1.54) is 22.3 Å². The fourth-order valence-corrected chi connectivity index (χ4v) is 2.92. The van der Waals surface area contributed by atoms with Gasteiger partial charge < -0.3 is 4.99 Å². The largest absolute Gasteiger partial charge is 0.301 e. The van der Waals surface area contributed by atoms with E-state index in [0.29, 0.717) is 6.42 Å². The highest BCUT2D eigenvalue weighted by atomic mass is 16.1. The summed E-state index contributed by atoms with van der Waals surface area (Å²) in [5.41, 5.74) is 7.55. The summed E-state index contributed by atoms with van der Waals surface area (Å²) in [5.74, 6) is 0.225. The van der Waals surface area contributed by atoms with Crippen molar-refractivity contribution in [2.75, 3.05) is 7.05 Å². The van der Waals surface area contributed by atoms with Gasteiger partial charge in [-0.05, 0) is 54.5 Å². The molecule has 0 radical (unpaired) electrons. The first-order valence-corrected chi connectivity index (χ1v) is 9.66. The summed E-state index contributed by atoms with van der Waals surface area (Å²) < 4.78 is 0. The maximum absolute atomic E-state index is 10.8. The number of rotatable bonds is 7. The second-order valence-electron chi connectivity index (χ2n) is 6.81. The van der Waals surface area contributed by atoms with Crippen molar-refractivity contribution in [3.8, 4) is 0 Å². The van der Waals surface area contributed by atoms with Crippen molar-refractivity contribution < 1.29 is 4.79 Å². The van der Waals surface area contributed by atoms with E-state index >= 15 is 0 Å². The zero-order valence-electron chi connectivity index (χ0n) is 17.5. The van der Waals surface area contributed by atoms with Gasteiger partial charge in [0.25, 0.3) is 0 Å². The number of ketones is 1. The Morgan fingerprint density at radius 3 is 2.37 bits per heavy atom. The molecule has 0 N–H and O–H groups in total. The Kier molecular flexibility index (Phi) is 10.0. The van der Waals surface area contributed by atoms with Crippen molar-refractivity contribution in [3.05, 3.63) is 76.9 Å². The second-order valence-corrected chi connectivity index (χ2v) is 6.81. The third-order valence-electron chi connectivity index (χ3n) is 4.40. The average Bonchev–Trinajstić information content (AvgIpc) is 2.66. The number of carbonyl (C=O) groups excluding carboxylic acids is 1. The number of carbonyl (C=O) groups is 1. The van der Waals surface area contributed by atoms with Crippen LogP contribution in [0.3, 0.4) is 0 Å². The van der Waals surface area contributed by atoms with Crippen LogP contribution >= 0.6 is 0 Å². The molecule has 2 aromatic carbocycles. The fourth-order valence-electron chi connectivity index (χ4n) is 2.92. The summed E-state index contributed by atoms with van der Waals surface area (Å²) in [7, 11) is 1.79. The molecule has 0 fully saturated rings. The van der Waals surface area contributed by atoms with Crippen LogP contribution in [0.25, 0.3) is 5.57 Å². The minimum Gasteiger partial charge on any atom is -0.301 e. The second kappa shape index (κ2) is 12.0. The molecule has 144 valence electrons. The van der Waals surface area contributed by atoms with Gasteiger partial charge in [0.1, 0.15) is 5.78 Å². The van der Waals surface area contributed by atoms with Crippen molar-refractivity contribution in [3.63, 3.8) is 0 Å². The van der Waals surface area contributed by atoms with Crippen molar-refractivity contribution in [2.24, 2.45) is 4.99 Å². The highest BCUT2D eigenvalue weighted by Crippen LogP contribution is 2.21. The molecule has 0 spiro atoms. The number of nitrogens with zero attached hydrogens (tertiary/aromatic N) is 1. The van der Waals surface area contributed by atoms with Crippen LogP contribution in [-0.2, 0) is 24.1 Å². The molecule has 0 atom stereocenters. The number of Topliss-reactive ketones (excluding diaryl/α,β-unsaturated/α-hetero) is 1. The molecule has 0 unspecified atom stereocenters. The average molecular weight is 364 g/mol. The van der Waals surface area contributed by atoms with Crippen molar-refractivity contribution in [1.82, 2.24) is 0 Å². The summed E-state index contributed by atoms with van der Waals surface area (Å²) in [4.78, 5) is 14.8. The molecule has 0 aliphatic rings. The molecule has 2 rings (SSSR count). The standard InChI is InChI=1S/C14H19N.C11H14O/c1-5-13-10-11(2)6-7-14(13)12(3)8-9-15-4;1-3-10-5-4-6-11(8-10)7-9(2)12/h6-7,9-10H,3,5,8H2,1-2,4H3;4-6,8H,3,7H2,1-2H3. The van der Waals surface area contributed by atoms with Gasteiger partial charge in [-0.25, -0.2) is 0 Å². The van der Waals surface area contributed by atoms with Gasteiger partial charge in [-0.1, -0.05) is 68.5 Å². The first kappa shape index (κ1) is 22.6. The van der Waals surface area contributed by atoms with E-state index in [4.69, 9.17) is 0 Å². The predicted molar refractivity (Wildman–Crippen MR) is 119 cm³/mol. The van der Waals surface area contributed by atoms with Crippen LogP contribution < -0.4 is 0 Å². The van der Waals surface area contributed by atoms with Gasteiger partial charge in [0.2, 0.25) is 0 Å². The van der Waals surface area contributed by atoms with Crippen LogP contribution in [0.1, 0.15) is 55.0 Å². The lowest BCUT2D eigenvalue weighted by molar-refractivity contribution is -0.116. The van der Waals surface area contributed by atoms with Crippen LogP contribution in [0.4, 0.5) is 0 Å². The first-order valence-electron chi connectivity index (χ1n) is 9.66. The Balaban J connectivity index is 0.000000277. The lowest BCUT2D eigenvalue weighted by Crippen LogP contribution is -1.96. The molecule has 0 aliphatic heterocycles. The van der Waals surface area contributed by atoms with Gasteiger partial charge in [-0.3, -0.25) is 4.79 Å². The molecule has 2 aromatic rings. The number of hydrogen-bond acceptors (Lipinski definition) is 2. The summed E-state index contributed by atoms with van der Waals surface area (Å²) in [6, 6.07) is 14.7. The Morgan fingerprint density at radius 2 is 1.78 bits per heavy atom. The summed E-state index contributed by atoms with van der Waals surface area (Å²) in [6.07, 6.45) is 5.40. The minimum atomic E-state index is 0.225. The van der Waals surface area contributed by atoms with E-state index in [2.05, 4.69) is 62.7 Å². The van der Waals surface area contributed by atoms with Crippen molar-refractivity contribution in [2.45, 2.75) is 53.4 Å². The van der Waals surface area contributed by atoms with E-state index in [9.17, 15) is 4.79 Å². The number of aryl methyl sites for hydroxylation is 3. The molecule has 2 nitrogen and oxygen atoms in total. The number of hydrogen-bond donors (Lipinski definition) is 0. The Morgan fingerprint density at radius 1 is 1.07 bits per heavy atom. The number of benzene rings is 2. The Hall–Kier alpha value is -2.48. The van der Waals surface area contributed by atoms with E-state index in [-0.39, 0.29) is 5.78 Å². The number of allylic oxidation sites excluding steroid dienone is 1.